The third kappa shape index (κ3) is 13.4. The third-order valence-electron chi connectivity index (χ3n) is 5.19. The Kier molecular flexibility index (Phi) is 12.2. The molecular formula is C25H33F4N9O3. The van der Waals surface area contributed by atoms with Crippen LogP contribution in [0.5, 0.6) is 5.75 Å². The number of hydrogen-bond acceptors (Lipinski definition) is 10. The lowest BCUT2D eigenvalue weighted by atomic mass is 10.1. The highest BCUT2D eigenvalue weighted by molar-refractivity contribution is 5.92. The summed E-state index contributed by atoms with van der Waals surface area (Å²) < 4.78 is 55.3. The summed E-state index contributed by atoms with van der Waals surface area (Å²) in [5.41, 5.74) is 13.2. The molecule has 0 saturated heterocycles. The van der Waals surface area contributed by atoms with Crippen molar-refractivity contribution in [3.63, 3.8) is 0 Å². The van der Waals surface area contributed by atoms with Gasteiger partial charge < -0.3 is 36.9 Å². The predicted molar refractivity (Wildman–Crippen MR) is 142 cm³/mol. The van der Waals surface area contributed by atoms with Crippen molar-refractivity contribution >= 4 is 11.8 Å². The molecule has 16 heteroatoms. The number of aromatic nitrogens is 1. The highest BCUT2D eigenvalue weighted by atomic mass is 19.4. The summed E-state index contributed by atoms with van der Waals surface area (Å²) in [6.45, 7) is 1.74. The lowest BCUT2D eigenvalue weighted by Crippen LogP contribution is -2.38. The van der Waals surface area contributed by atoms with E-state index in [0.717, 1.165) is 39.6 Å². The fraction of sp³-hybridized carbons (Fsp3) is 0.320. The molecular weight excluding hydrogens is 550 g/mol. The molecule has 224 valence electrons. The summed E-state index contributed by atoms with van der Waals surface area (Å²) in [4.78, 5) is 28.4. The van der Waals surface area contributed by atoms with E-state index in [0.29, 0.717) is 0 Å². The van der Waals surface area contributed by atoms with Crippen molar-refractivity contribution in [3.8, 4) is 5.75 Å². The first kappa shape index (κ1) is 32.6. The van der Waals surface area contributed by atoms with Gasteiger partial charge in [-0.05, 0) is 42.7 Å². The molecule has 2 aromatic rings. The molecule has 0 aliphatic carbocycles. The number of nitrogens with two attached hydrogens (primary N) is 4. The van der Waals surface area contributed by atoms with Crippen LogP contribution in [-0.2, 0) is 22.6 Å². The Labute approximate surface area is 233 Å². The lowest BCUT2D eigenvalue weighted by Gasteiger charge is -2.20. The summed E-state index contributed by atoms with van der Waals surface area (Å²) in [5.74, 6) is 9.63. The van der Waals surface area contributed by atoms with E-state index in [1.807, 2.05) is 19.1 Å². The molecule has 0 aliphatic rings. The maximum atomic E-state index is 14.4. The van der Waals surface area contributed by atoms with Crippen molar-refractivity contribution in [2.24, 2.45) is 23.2 Å². The lowest BCUT2D eigenvalue weighted by molar-refractivity contribution is -0.274. The second-order valence-corrected chi connectivity index (χ2v) is 8.90. The Balaban J connectivity index is 1.74. The monoisotopic (exact) mass is 583 g/mol. The average molecular weight is 584 g/mol. The van der Waals surface area contributed by atoms with E-state index in [4.69, 9.17) is 23.2 Å². The molecule has 41 heavy (non-hydrogen) atoms. The van der Waals surface area contributed by atoms with Gasteiger partial charge in [0.1, 0.15) is 23.4 Å². The van der Waals surface area contributed by atoms with Crippen molar-refractivity contribution in [1.29, 1.82) is 0 Å². The Morgan fingerprint density at radius 1 is 1.10 bits per heavy atom. The van der Waals surface area contributed by atoms with E-state index in [1.54, 1.807) is 6.20 Å². The van der Waals surface area contributed by atoms with Crippen molar-refractivity contribution in [2.75, 3.05) is 13.1 Å². The Bertz CT molecular complexity index is 1220. The van der Waals surface area contributed by atoms with Crippen LogP contribution in [0.1, 0.15) is 23.2 Å². The molecule has 1 unspecified atom stereocenters. The van der Waals surface area contributed by atoms with Crippen molar-refractivity contribution in [1.82, 2.24) is 25.6 Å². The van der Waals surface area contributed by atoms with Crippen LogP contribution in [0.3, 0.4) is 0 Å². The number of carbonyl (C=O) groups is 2. The van der Waals surface area contributed by atoms with Gasteiger partial charge in [0, 0.05) is 31.2 Å². The van der Waals surface area contributed by atoms with Crippen LogP contribution in [0.25, 0.3) is 0 Å². The SMILES string of the molecule is Cc1ccc(CNC(=O)/C(N)=C/N(N)CCC(F)CN(N)/C=C(\N)NC(=O)Cc2cccc(OC(F)(F)F)c2)cn1. The van der Waals surface area contributed by atoms with Crippen molar-refractivity contribution in [3.05, 3.63) is 83.3 Å². The van der Waals surface area contributed by atoms with Gasteiger partial charge in [-0.3, -0.25) is 14.6 Å². The summed E-state index contributed by atoms with van der Waals surface area (Å²) in [6, 6.07) is 8.53. The van der Waals surface area contributed by atoms with Crippen LogP contribution in [0.15, 0.2) is 66.5 Å². The zero-order valence-electron chi connectivity index (χ0n) is 22.2. The Morgan fingerprint density at radius 3 is 2.49 bits per heavy atom. The number of benzene rings is 1. The van der Waals surface area contributed by atoms with Crippen LogP contribution in [0, 0.1) is 6.92 Å². The predicted octanol–water partition coefficient (Wildman–Crippen LogP) is 0.901. The second kappa shape index (κ2) is 15.3. The van der Waals surface area contributed by atoms with Gasteiger partial charge in [-0.2, -0.15) is 0 Å². The number of pyridine rings is 1. The van der Waals surface area contributed by atoms with Crippen LogP contribution in [-0.4, -0.2) is 52.4 Å². The zero-order chi connectivity index (χ0) is 30.6. The van der Waals surface area contributed by atoms with Gasteiger partial charge in [0.05, 0.1) is 19.2 Å². The highest BCUT2D eigenvalue weighted by Gasteiger charge is 2.31. The number of halogens is 4. The minimum Gasteiger partial charge on any atom is -0.406 e. The Morgan fingerprint density at radius 2 is 1.83 bits per heavy atom. The maximum Gasteiger partial charge on any atom is 0.573 e. The van der Waals surface area contributed by atoms with E-state index < -0.39 is 30.1 Å². The normalized spacial score (nSPS) is 12.9. The van der Waals surface area contributed by atoms with Crippen LogP contribution in [0.2, 0.25) is 0 Å². The molecule has 1 atom stereocenters. The van der Waals surface area contributed by atoms with Crippen molar-refractivity contribution < 1.29 is 31.9 Å². The molecule has 10 N–H and O–H groups in total. The summed E-state index contributed by atoms with van der Waals surface area (Å²) >= 11 is 0. The maximum absolute atomic E-state index is 14.4. The topological polar surface area (TPSA) is 191 Å². The number of hydrazine groups is 2. The number of aryl methyl sites for hydroxylation is 1. The number of amides is 2. The summed E-state index contributed by atoms with van der Waals surface area (Å²) in [5, 5.41) is 6.91. The molecule has 0 aliphatic heterocycles. The minimum atomic E-state index is -4.86. The molecule has 12 nitrogen and oxygen atoms in total. The molecule has 2 amide bonds. The van der Waals surface area contributed by atoms with Crippen LogP contribution >= 0.6 is 0 Å². The smallest absolute Gasteiger partial charge is 0.406 e. The number of nitrogens with zero attached hydrogens (tertiary/aromatic N) is 3. The molecule has 2 rings (SSSR count). The molecule has 0 bridgehead atoms. The Hall–Kier alpha value is -4.57. The number of hydrogen-bond donors (Lipinski definition) is 6. The van der Waals surface area contributed by atoms with Crippen LogP contribution in [0.4, 0.5) is 17.6 Å². The van der Waals surface area contributed by atoms with Gasteiger partial charge in [-0.25, -0.2) is 16.1 Å². The van der Waals surface area contributed by atoms with E-state index in [-0.39, 0.29) is 49.6 Å². The molecule has 0 fully saturated rings. The molecule has 0 saturated carbocycles. The van der Waals surface area contributed by atoms with Gasteiger partial charge >= 0.3 is 6.36 Å². The molecule has 0 spiro atoms. The first-order valence-corrected chi connectivity index (χ1v) is 12.2. The molecule has 1 heterocycles. The van der Waals surface area contributed by atoms with Crippen LogP contribution < -0.4 is 38.5 Å². The van der Waals surface area contributed by atoms with Gasteiger partial charge in [0.25, 0.3) is 5.91 Å². The summed E-state index contributed by atoms with van der Waals surface area (Å²) in [7, 11) is 0. The van der Waals surface area contributed by atoms with E-state index in [1.165, 1.54) is 18.3 Å². The third-order valence-corrected chi connectivity index (χ3v) is 5.19. The number of carbonyl (C=O) groups excluding carboxylic acids is 2. The van der Waals surface area contributed by atoms with Crippen molar-refractivity contribution in [2.45, 2.75) is 38.8 Å². The zero-order valence-corrected chi connectivity index (χ0v) is 22.2. The molecule has 1 aromatic heterocycles. The molecule has 1 aromatic carbocycles. The standard InChI is InChI=1S/C25H33F4N9O3/c1-16-5-6-18(11-34-16)12-35-24(40)21(30)14-37(32)8-7-19(26)13-38(33)15-22(31)36-23(39)10-17-3-2-4-20(9-17)41-25(27,28)29/h2-6,9,11,14-15,19H,7-8,10,12-13,30-33H2,1H3,(H,35,40)(H,36,39)/b21-14-,22-15+. The van der Waals surface area contributed by atoms with E-state index in [9.17, 15) is 27.2 Å². The second-order valence-electron chi connectivity index (χ2n) is 8.90. The molecule has 0 radical (unpaired) electrons. The number of alkyl halides is 4. The highest BCUT2D eigenvalue weighted by Crippen LogP contribution is 2.23. The quantitative estimate of drug-likeness (QED) is 0.0806. The first-order valence-electron chi connectivity index (χ1n) is 12.2. The van der Waals surface area contributed by atoms with Gasteiger partial charge in [-0.15, -0.1) is 13.2 Å². The fourth-order valence-electron chi connectivity index (χ4n) is 3.31. The van der Waals surface area contributed by atoms with E-state index in [2.05, 4.69) is 20.4 Å². The van der Waals surface area contributed by atoms with Gasteiger partial charge in [-0.1, -0.05) is 18.2 Å². The first-order chi connectivity index (χ1) is 19.2. The van der Waals surface area contributed by atoms with Gasteiger partial charge in [0.2, 0.25) is 5.91 Å². The average Bonchev–Trinajstić information content (AvgIpc) is 2.85. The van der Waals surface area contributed by atoms with Gasteiger partial charge in [0.15, 0.2) is 0 Å². The minimum absolute atomic E-state index is 0.00207. The van der Waals surface area contributed by atoms with E-state index >= 15 is 0 Å². The fourth-order valence-corrected chi connectivity index (χ4v) is 3.31. The largest absolute Gasteiger partial charge is 0.573 e. The number of nitrogens with one attached hydrogen (secondary N) is 2. The summed E-state index contributed by atoms with van der Waals surface area (Å²) in [6.07, 6.45) is -2.83. The number of ether oxygens (including phenoxy) is 1. The number of rotatable bonds is 14.